The first-order valence-electron chi connectivity index (χ1n) is 2.05. The van der Waals surface area contributed by atoms with E-state index < -0.39 is 11.3 Å². The molecule has 0 saturated carbocycles. The van der Waals surface area contributed by atoms with E-state index in [1.165, 1.54) is 11.3 Å². The molecule has 4 nitrogen and oxygen atoms in total. The second-order valence-corrected chi connectivity index (χ2v) is 2.65. The Morgan fingerprint density at radius 1 is 1.89 bits per heavy atom. The van der Waals surface area contributed by atoms with Crippen LogP contribution in [0.5, 0.6) is 0 Å². The van der Waals surface area contributed by atoms with Crippen LogP contribution in [0.15, 0.2) is 10.9 Å². The predicted octanol–water partition coefficient (Wildman–Crippen LogP) is 0.692. The number of hydrogen-bond donors (Lipinski definition) is 2. The highest BCUT2D eigenvalue weighted by molar-refractivity contribution is 7.80. The van der Waals surface area contributed by atoms with Crippen LogP contribution in [0.25, 0.3) is 0 Å². The molecule has 50 valence electrons. The molecule has 1 aromatic heterocycles. The smallest absolute Gasteiger partial charge is 0.260 e. The third-order valence-corrected chi connectivity index (χ3v) is 1.59. The van der Waals surface area contributed by atoms with E-state index in [9.17, 15) is 4.21 Å². The van der Waals surface area contributed by atoms with Gasteiger partial charge in [-0.25, -0.2) is 9.19 Å². The second-order valence-electron chi connectivity index (χ2n) is 1.22. The van der Waals surface area contributed by atoms with E-state index >= 15 is 0 Å². The van der Waals surface area contributed by atoms with E-state index in [1.54, 1.807) is 10.9 Å². The number of anilines is 1. The van der Waals surface area contributed by atoms with Gasteiger partial charge in [-0.15, -0.1) is 11.3 Å². The van der Waals surface area contributed by atoms with Crippen LogP contribution in [0.3, 0.4) is 0 Å². The maximum absolute atomic E-state index is 10.0. The lowest BCUT2D eigenvalue weighted by Crippen LogP contribution is -2.01. The van der Waals surface area contributed by atoms with Crippen molar-refractivity contribution in [3.8, 4) is 0 Å². The molecule has 0 spiro atoms. The van der Waals surface area contributed by atoms with Crippen LogP contribution in [0, 0.1) is 0 Å². The summed E-state index contributed by atoms with van der Waals surface area (Å²) < 4.78 is 20.5. The Morgan fingerprint density at radius 3 is 3.11 bits per heavy atom. The minimum atomic E-state index is -2.00. The lowest BCUT2D eigenvalue weighted by molar-refractivity contribution is 0.570. The number of thiazole rings is 1. The van der Waals surface area contributed by atoms with Crippen LogP contribution in [0.2, 0.25) is 0 Å². The predicted molar refractivity (Wildman–Crippen MR) is 36.5 cm³/mol. The normalized spacial score (nSPS) is 13.0. The zero-order valence-electron chi connectivity index (χ0n) is 4.27. The minimum absolute atomic E-state index is 0.431. The van der Waals surface area contributed by atoms with Crippen LogP contribution >= 0.6 is 11.3 Å². The SMILES string of the molecule is O=S(O)Nc1cscn1. The number of rotatable bonds is 2. The lowest BCUT2D eigenvalue weighted by atomic mass is 10.9. The molecule has 1 atom stereocenters. The molecule has 6 heteroatoms. The molecule has 1 rings (SSSR count). The van der Waals surface area contributed by atoms with Crippen molar-refractivity contribution < 1.29 is 8.76 Å². The van der Waals surface area contributed by atoms with Crippen molar-refractivity contribution >= 4 is 28.4 Å². The Labute approximate surface area is 58.4 Å². The van der Waals surface area contributed by atoms with Gasteiger partial charge >= 0.3 is 0 Å². The standard InChI is InChI=1S/C3H4N2O2S2/c6-9(7)5-3-1-8-2-4-3/h1-2,5H,(H,6,7). The van der Waals surface area contributed by atoms with E-state index in [4.69, 9.17) is 4.55 Å². The third-order valence-electron chi connectivity index (χ3n) is 0.624. The van der Waals surface area contributed by atoms with Gasteiger partial charge in [0.1, 0.15) is 5.82 Å². The average molecular weight is 164 g/mol. The Morgan fingerprint density at radius 2 is 2.67 bits per heavy atom. The fourth-order valence-corrected chi connectivity index (χ4v) is 1.20. The maximum atomic E-state index is 10.0. The van der Waals surface area contributed by atoms with E-state index in [2.05, 4.69) is 9.71 Å². The molecular formula is C3H4N2O2S2. The molecule has 0 fully saturated rings. The summed E-state index contributed by atoms with van der Waals surface area (Å²) in [5.74, 6) is 0.431. The molecule has 0 radical (unpaired) electrons. The summed E-state index contributed by atoms with van der Waals surface area (Å²) >= 11 is -0.638. The quantitative estimate of drug-likeness (QED) is 0.632. The van der Waals surface area contributed by atoms with E-state index in [0.717, 1.165) is 0 Å². The first-order chi connectivity index (χ1) is 4.29. The van der Waals surface area contributed by atoms with Crippen molar-refractivity contribution in [3.63, 3.8) is 0 Å². The van der Waals surface area contributed by atoms with Gasteiger partial charge in [0.2, 0.25) is 0 Å². The Kier molecular flexibility index (Phi) is 2.15. The molecule has 1 heterocycles. The van der Waals surface area contributed by atoms with Crippen molar-refractivity contribution in [2.75, 3.05) is 4.72 Å². The molecule has 0 aliphatic heterocycles. The molecule has 0 bridgehead atoms. The Bertz CT molecular complexity index is 198. The molecule has 0 amide bonds. The number of hydrogen-bond acceptors (Lipinski definition) is 3. The van der Waals surface area contributed by atoms with Gasteiger partial charge in [0.05, 0.1) is 5.51 Å². The van der Waals surface area contributed by atoms with Gasteiger partial charge in [0.25, 0.3) is 11.3 Å². The molecule has 1 aromatic rings. The van der Waals surface area contributed by atoms with Gasteiger partial charge in [-0.3, -0.25) is 9.27 Å². The van der Waals surface area contributed by atoms with Gasteiger partial charge in [-0.2, -0.15) is 0 Å². The number of nitrogens with zero attached hydrogens (tertiary/aromatic N) is 1. The van der Waals surface area contributed by atoms with Crippen molar-refractivity contribution in [3.05, 3.63) is 10.9 Å². The first kappa shape index (κ1) is 6.66. The van der Waals surface area contributed by atoms with Gasteiger partial charge in [0, 0.05) is 5.38 Å². The second kappa shape index (κ2) is 2.90. The highest BCUT2D eigenvalue weighted by atomic mass is 32.2. The average Bonchev–Trinajstić information content (AvgIpc) is 2.15. The maximum Gasteiger partial charge on any atom is 0.260 e. The van der Waals surface area contributed by atoms with Gasteiger partial charge in [0.15, 0.2) is 0 Å². The van der Waals surface area contributed by atoms with E-state index in [0.29, 0.717) is 5.82 Å². The monoisotopic (exact) mass is 164 g/mol. The molecule has 9 heavy (non-hydrogen) atoms. The number of nitrogens with one attached hydrogen (secondary N) is 1. The summed E-state index contributed by atoms with van der Waals surface area (Å²) in [6.45, 7) is 0. The summed E-state index contributed by atoms with van der Waals surface area (Å²) in [6, 6.07) is 0. The number of aromatic nitrogens is 1. The Hall–Kier alpha value is -0.460. The zero-order chi connectivity index (χ0) is 6.69. The van der Waals surface area contributed by atoms with Crippen LogP contribution in [-0.4, -0.2) is 13.7 Å². The summed E-state index contributed by atoms with van der Waals surface area (Å²) in [5.41, 5.74) is 1.58. The summed E-state index contributed by atoms with van der Waals surface area (Å²) in [5, 5.41) is 1.65. The Balaban J connectivity index is 2.58. The van der Waals surface area contributed by atoms with Gasteiger partial charge < -0.3 is 0 Å². The summed E-state index contributed by atoms with van der Waals surface area (Å²) in [7, 11) is 0. The topological polar surface area (TPSA) is 62.2 Å². The van der Waals surface area contributed by atoms with Crippen LogP contribution < -0.4 is 4.72 Å². The van der Waals surface area contributed by atoms with Gasteiger partial charge in [-0.05, 0) is 0 Å². The summed E-state index contributed by atoms with van der Waals surface area (Å²) in [6.07, 6.45) is 0. The van der Waals surface area contributed by atoms with Crippen LogP contribution in [-0.2, 0) is 11.3 Å². The molecule has 0 saturated heterocycles. The zero-order valence-corrected chi connectivity index (χ0v) is 5.91. The largest absolute Gasteiger partial charge is 0.289 e. The van der Waals surface area contributed by atoms with Crippen molar-refractivity contribution in [1.82, 2.24) is 4.98 Å². The molecule has 1 unspecified atom stereocenters. The minimum Gasteiger partial charge on any atom is -0.289 e. The van der Waals surface area contributed by atoms with Crippen molar-refractivity contribution in [1.29, 1.82) is 0 Å². The van der Waals surface area contributed by atoms with Crippen molar-refractivity contribution in [2.24, 2.45) is 0 Å². The molecule has 0 aromatic carbocycles. The van der Waals surface area contributed by atoms with E-state index in [1.807, 2.05) is 0 Å². The molecule has 0 aliphatic carbocycles. The van der Waals surface area contributed by atoms with Crippen molar-refractivity contribution in [2.45, 2.75) is 0 Å². The molecule has 2 N–H and O–H groups in total. The summed E-state index contributed by atoms with van der Waals surface area (Å²) in [4.78, 5) is 3.71. The third kappa shape index (κ3) is 2.08. The first-order valence-corrected chi connectivity index (χ1v) is 4.09. The highest BCUT2D eigenvalue weighted by Crippen LogP contribution is 2.05. The van der Waals surface area contributed by atoms with Gasteiger partial charge in [-0.1, -0.05) is 0 Å². The van der Waals surface area contributed by atoms with Crippen LogP contribution in [0.4, 0.5) is 5.82 Å². The molecular weight excluding hydrogens is 160 g/mol. The highest BCUT2D eigenvalue weighted by Gasteiger charge is 1.93. The van der Waals surface area contributed by atoms with E-state index in [-0.39, 0.29) is 0 Å². The molecule has 0 aliphatic rings. The van der Waals surface area contributed by atoms with Crippen LogP contribution in [0.1, 0.15) is 0 Å². The fraction of sp³-hybridized carbons (Fsp3) is 0. The fourth-order valence-electron chi connectivity index (χ4n) is 0.352. The lowest BCUT2D eigenvalue weighted by Gasteiger charge is -1.90.